The average Bonchev–Trinajstić information content (AvgIpc) is 1.86. The van der Waals surface area contributed by atoms with E-state index in [1.165, 1.54) is 0 Å². The van der Waals surface area contributed by atoms with Crippen molar-refractivity contribution in [3.05, 3.63) is 18.2 Å². The molecule has 0 bridgehead atoms. The van der Waals surface area contributed by atoms with Gasteiger partial charge in [-0.3, -0.25) is 0 Å². The quantitative estimate of drug-likeness (QED) is 0.566. The third-order valence-corrected chi connectivity index (χ3v) is 0.635. The van der Waals surface area contributed by atoms with E-state index in [2.05, 4.69) is 9.97 Å². The monoisotopic (exact) mass is 141 g/mol. The summed E-state index contributed by atoms with van der Waals surface area (Å²) in [4.78, 5) is 6.75. The van der Waals surface area contributed by atoms with Crippen LogP contribution in [0.15, 0.2) is 12.4 Å². The molecule has 0 aliphatic heterocycles. The molecular formula is C4H6CoN2. The average molecular weight is 141 g/mol. The number of aromatic amines is 1. The molecule has 0 amide bonds. The minimum atomic E-state index is 0. The van der Waals surface area contributed by atoms with E-state index in [4.69, 9.17) is 0 Å². The van der Waals surface area contributed by atoms with Gasteiger partial charge in [0.05, 0.1) is 0 Å². The molecule has 0 aliphatic rings. The summed E-state index contributed by atoms with van der Waals surface area (Å²) in [6.07, 6.45) is 3.53. The Bertz CT molecular complexity index is 113. The molecular weight excluding hydrogens is 135 g/mol. The Balaban J connectivity index is 0.000000360. The van der Waals surface area contributed by atoms with E-state index >= 15 is 0 Å². The van der Waals surface area contributed by atoms with Gasteiger partial charge in [-0.05, 0) is 6.92 Å². The SMILES string of the molecule is Cc1ncc[nH]1.[Co]. The summed E-state index contributed by atoms with van der Waals surface area (Å²) in [6, 6.07) is 0. The number of aromatic nitrogens is 2. The molecule has 0 aliphatic carbocycles. The summed E-state index contributed by atoms with van der Waals surface area (Å²) >= 11 is 0. The maximum absolute atomic E-state index is 3.86. The van der Waals surface area contributed by atoms with E-state index in [0.717, 1.165) is 5.82 Å². The number of aryl methyl sites for hydroxylation is 1. The molecule has 0 fully saturated rings. The maximum atomic E-state index is 3.86. The van der Waals surface area contributed by atoms with E-state index in [0.29, 0.717) is 0 Å². The van der Waals surface area contributed by atoms with Crippen molar-refractivity contribution in [2.24, 2.45) is 0 Å². The number of nitrogens with one attached hydrogen (secondary N) is 1. The molecule has 7 heavy (non-hydrogen) atoms. The largest absolute Gasteiger partial charge is 0.349 e. The van der Waals surface area contributed by atoms with E-state index in [1.54, 1.807) is 12.4 Å². The molecule has 1 aromatic rings. The summed E-state index contributed by atoms with van der Waals surface area (Å²) in [7, 11) is 0. The molecule has 1 rings (SSSR count). The van der Waals surface area contributed by atoms with Gasteiger partial charge >= 0.3 is 0 Å². The van der Waals surface area contributed by atoms with Crippen molar-refractivity contribution < 1.29 is 16.8 Å². The standard InChI is InChI=1S/C4H6N2.Co/c1-4-5-2-3-6-4;/h2-3H,1H3,(H,5,6);. The number of imidazole rings is 1. The normalized spacial score (nSPS) is 7.57. The van der Waals surface area contributed by atoms with E-state index in [1.807, 2.05) is 6.92 Å². The summed E-state index contributed by atoms with van der Waals surface area (Å²) in [5, 5.41) is 0. The van der Waals surface area contributed by atoms with Gasteiger partial charge in [-0.2, -0.15) is 0 Å². The van der Waals surface area contributed by atoms with Crippen LogP contribution in [0, 0.1) is 6.92 Å². The minimum Gasteiger partial charge on any atom is -0.349 e. The van der Waals surface area contributed by atoms with Gasteiger partial charge in [0.25, 0.3) is 0 Å². The molecule has 41 valence electrons. The predicted molar refractivity (Wildman–Crippen MR) is 23.3 cm³/mol. The number of hydrogen-bond donors (Lipinski definition) is 1. The van der Waals surface area contributed by atoms with Crippen molar-refractivity contribution in [3.8, 4) is 0 Å². The molecule has 3 heteroatoms. The smallest absolute Gasteiger partial charge is 0.102 e. The second kappa shape index (κ2) is 2.82. The molecule has 0 unspecified atom stereocenters. The molecule has 2 nitrogen and oxygen atoms in total. The third-order valence-electron chi connectivity index (χ3n) is 0.635. The fraction of sp³-hybridized carbons (Fsp3) is 0.250. The molecule has 0 saturated carbocycles. The Morgan fingerprint density at radius 3 is 2.57 bits per heavy atom. The maximum Gasteiger partial charge on any atom is 0.102 e. The van der Waals surface area contributed by atoms with Gasteiger partial charge in [0, 0.05) is 29.2 Å². The second-order valence-corrected chi connectivity index (χ2v) is 1.17. The molecule has 1 radical (unpaired) electrons. The first-order chi connectivity index (χ1) is 2.89. The number of hydrogen-bond acceptors (Lipinski definition) is 1. The van der Waals surface area contributed by atoms with Crippen LogP contribution < -0.4 is 0 Å². The van der Waals surface area contributed by atoms with Crippen molar-refractivity contribution >= 4 is 0 Å². The Kier molecular flexibility index (Phi) is 2.70. The Morgan fingerprint density at radius 1 is 1.71 bits per heavy atom. The molecule has 1 N–H and O–H groups in total. The van der Waals surface area contributed by atoms with Gasteiger partial charge in [0.15, 0.2) is 0 Å². The first-order valence-corrected chi connectivity index (χ1v) is 1.85. The van der Waals surface area contributed by atoms with Gasteiger partial charge in [-0.1, -0.05) is 0 Å². The molecule has 0 atom stereocenters. The zero-order valence-electron chi connectivity index (χ0n) is 3.94. The van der Waals surface area contributed by atoms with Crippen LogP contribution in [-0.2, 0) is 16.8 Å². The van der Waals surface area contributed by atoms with Crippen LogP contribution in [-0.4, -0.2) is 9.97 Å². The number of rotatable bonds is 0. The minimum absolute atomic E-state index is 0. The van der Waals surface area contributed by atoms with Crippen molar-refractivity contribution in [3.63, 3.8) is 0 Å². The molecule has 0 saturated heterocycles. The van der Waals surface area contributed by atoms with Gasteiger partial charge in [0.2, 0.25) is 0 Å². The number of nitrogens with zero attached hydrogens (tertiary/aromatic N) is 1. The van der Waals surface area contributed by atoms with Gasteiger partial charge in [0.1, 0.15) is 5.82 Å². The van der Waals surface area contributed by atoms with E-state index < -0.39 is 0 Å². The second-order valence-electron chi connectivity index (χ2n) is 1.17. The van der Waals surface area contributed by atoms with Crippen molar-refractivity contribution in [2.45, 2.75) is 6.92 Å². The zero-order chi connectivity index (χ0) is 4.41. The molecule has 0 spiro atoms. The van der Waals surface area contributed by atoms with Crippen molar-refractivity contribution in [2.75, 3.05) is 0 Å². The van der Waals surface area contributed by atoms with Crippen LogP contribution in [0.2, 0.25) is 0 Å². The van der Waals surface area contributed by atoms with Crippen LogP contribution >= 0.6 is 0 Å². The van der Waals surface area contributed by atoms with Gasteiger partial charge < -0.3 is 4.98 Å². The molecule has 1 aromatic heterocycles. The van der Waals surface area contributed by atoms with Crippen molar-refractivity contribution in [1.29, 1.82) is 0 Å². The Labute approximate surface area is 52.5 Å². The van der Waals surface area contributed by atoms with Crippen LogP contribution in [0.25, 0.3) is 0 Å². The van der Waals surface area contributed by atoms with Crippen molar-refractivity contribution in [1.82, 2.24) is 9.97 Å². The van der Waals surface area contributed by atoms with Crippen LogP contribution in [0.1, 0.15) is 5.82 Å². The molecule has 0 aromatic carbocycles. The van der Waals surface area contributed by atoms with Gasteiger partial charge in [-0.25, -0.2) is 4.98 Å². The predicted octanol–water partition coefficient (Wildman–Crippen LogP) is 0.716. The van der Waals surface area contributed by atoms with Crippen LogP contribution in [0.5, 0.6) is 0 Å². The summed E-state index contributed by atoms with van der Waals surface area (Å²) < 4.78 is 0. The summed E-state index contributed by atoms with van der Waals surface area (Å²) in [6.45, 7) is 1.92. The summed E-state index contributed by atoms with van der Waals surface area (Å²) in [5.41, 5.74) is 0. The fourth-order valence-electron chi connectivity index (χ4n) is 0.344. The zero-order valence-corrected chi connectivity index (χ0v) is 4.98. The van der Waals surface area contributed by atoms with E-state index in [9.17, 15) is 0 Å². The fourth-order valence-corrected chi connectivity index (χ4v) is 0.344. The van der Waals surface area contributed by atoms with E-state index in [-0.39, 0.29) is 16.8 Å². The topological polar surface area (TPSA) is 28.7 Å². The first kappa shape index (κ1) is 6.72. The molecule has 1 heterocycles. The van der Waals surface area contributed by atoms with Crippen LogP contribution in [0.3, 0.4) is 0 Å². The van der Waals surface area contributed by atoms with Gasteiger partial charge in [-0.15, -0.1) is 0 Å². The first-order valence-electron chi connectivity index (χ1n) is 1.85. The Hall–Kier alpha value is -0.284. The van der Waals surface area contributed by atoms with Crippen LogP contribution in [0.4, 0.5) is 0 Å². The summed E-state index contributed by atoms with van der Waals surface area (Å²) in [5.74, 6) is 0.968. The third kappa shape index (κ3) is 1.75. The Morgan fingerprint density at radius 2 is 2.43 bits per heavy atom. The number of H-pyrrole nitrogens is 1.